The summed E-state index contributed by atoms with van der Waals surface area (Å²) in [6.45, 7) is 6.85. The lowest BCUT2D eigenvalue weighted by molar-refractivity contribution is 0.423. The molecule has 0 unspecified atom stereocenters. The van der Waals surface area contributed by atoms with E-state index in [4.69, 9.17) is 5.73 Å². The molecule has 1 fully saturated rings. The average Bonchev–Trinajstić information content (AvgIpc) is 2.63. The maximum Gasteiger partial charge on any atom is 0.147 e. The predicted molar refractivity (Wildman–Crippen MR) is 104 cm³/mol. The maximum atomic E-state index is 14.7. The molecule has 4 nitrogen and oxygen atoms in total. The van der Waals surface area contributed by atoms with E-state index < -0.39 is 0 Å². The number of nitrogen functional groups attached to an aromatic ring is 1. The summed E-state index contributed by atoms with van der Waals surface area (Å²) < 4.78 is 14.7. The van der Waals surface area contributed by atoms with Gasteiger partial charge in [-0.3, -0.25) is 0 Å². The van der Waals surface area contributed by atoms with Crippen LogP contribution in [0.15, 0.2) is 42.9 Å². The van der Waals surface area contributed by atoms with Crippen molar-refractivity contribution in [2.75, 3.05) is 15.5 Å². The lowest BCUT2D eigenvalue weighted by atomic mass is 9.92. The zero-order valence-electron chi connectivity index (χ0n) is 15.2. The second-order valence-electron chi connectivity index (χ2n) is 7.31. The van der Waals surface area contributed by atoms with Crippen molar-refractivity contribution in [3.05, 3.63) is 59.8 Å². The standard InChI is InChI=1S/C21H25FN4/c1-14-7-6-10-18(22)21(14)25-13-16-12-24-20(23)11-19(16)26(15(25)2)17-8-4-3-5-9-17/h6-7,10-12,17H,2-5,8-9,13H2,1H3,(H2,23,24). The van der Waals surface area contributed by atoms with Crippen LogP contribution in [-0.2, 0) is 6.54 Å². The molecule has 2 heterocycles. The number of aryl methyl sites for hydroxylation is 1. The van der Waals surface area contributed by atoms with Crippen molar-refractivity contribution in [3.8, 4) is 0 Å². The van der Waals surface area contributed by atoms with Gasteiger partial charge in [0.05, 0.1) is 17.9 Å². The summed E-state index contributed by atoms with van der Waals surface area (Å²) in [7, 11) is 0. The molecule has 4 rings (SSSR count). The normalized spacial score (nSPS) is 18.2. The van der Waals surface area contributed by atoms with E-state index in [1.54, 1.807) is 6.07 Å². The fourth-order valence-electron chi connectivity index (χ4n) is 4.29. The van der Waals surface area contributed by atoms with Gasteiger partial charge in [0.1, 0.15) is 17.5 Å². The van der Waals surface area contributed by atoms with E-state index in [1.807, 2.05) is 30.2 Å². The van der Waals surface area contributed by atoms with Gasteiger partial charge in [-0.1, -0.05) is 38.0 Å². The Morgan fingerprint density at radius 3 is 2.73 bits per heavy atom. The van der Waals surface area contributed by atoms with Gasteiger partial charge < -0.3 is 15.5 Å². The Morgan fingerprint density at radius 1 is 1.23 bits per heavy atom. The van der Waals surface area contributed by atoms with Crippen LogP contribution in [0.3, 0.4) is 0 Å². The first kappa shape index (κ1) is 16.9. The van der Waals surface area contributed by atoms with Gasteiger partial charge in [0.25, 0.3) is 0 Å². The maximum absolute atomic E-state index is 14.7. The van der Waals surface area contributed by atoms with Gasteiger partial charge in [0.2, 0.25) is 0 Å². The lowest BCUT2D eigenvalue weighted by Gasteiger charge is -2.46. The quantitative estimate of drug-likeness (QED) is 0.848. The molecule has 2 N–H and O–H groups in total. The van der Waals surface area contributed by atoms with Gasteiger partial charge in [0, 0.05) is 23.9 Å². The van der Waals surface area contributed by atoms with Crippen LogP contribution in [0.5, 0.6) is 0 Å². The van der Waals surface area contributed by atoms with Crippen molar-refractivity contribution in [3.63, 3.8) is 0 Å². The van der Waals surface area contributed by atoms with Crippen molar-refractivity contribution in [2.45, 2.75) is 51.6 Å². The second kappa shape index (κ2) is 6.63. The van der Waals surface area contributed by atoms with Gasteiger partial charge in [-0.15, -0.1) is 0 Å². The number of rotatable bonds is 2. The van der Waals surface area contributed by atoms with Gasteiger partial charge >= 0.3 is 0 Å². The SMILES string of the molecule is C=C1N(c2c(C)cccc2F)Cc2cnc(N)cc2N1C1CCCCC1. The van der Waals surface area contributed by atoms with E-state index in [2.05, 4.69) is 16.5 Å². The molecule has 26 heavy (non-hydrogen) atoms. The molecule has 1 aromatic carbocycles. The van der Waals surface area contributed by atoms with Gasteiger partial charge in [-0.25, -0.2) is 9.37 Å². The molecule has 2 aromatic rings. The average molecular weight is 352 g/mol. The molecule has 136 valence electrons. The minimum Gasteiger partial charge on any atom is -0.384 e. The highest BCUT2D eigenvalue weighted by Crippen LogP contribution is 2.41. The molecule has 1 aliphatic heterocycles. The van der Waals surface area contributed by atoms with Crippen LogP contribution in [0.2, 0.25) is 0 Å². The Bertz CT molecular complexity index is 822. The number of nitrogens with two attached hydrogens (primary N) is 1. The van der Waals surface area contributed by atoms with Crippen molar-refractivity contribution < 1.29 is 4.39 Å². The predicted octanol–water partition coefficient (Wildman–Crippen LogP) is 4.74. The van der Waals surface area contributed by atoms with E-state index in [0.29, 0.717) is 24.1 Å². The van der Waals surface area contributed by atoms with E-state index >= 15 is 0 Å². The number of fused-ring (bicyclic) bond motifs is 1. The van der Waals surface area contributed by atoms with Crippen LogP contribution in [-0.4, -0.2) is 11.0 Å². The van der Waals surface area contributed by atoms with E-state index in [9.17, 15) is 4.39 Å². The zero-order chi connectivity index (χ0) is 18.3. The molecule has 0 atom stereocenters. The minimum absolute atomic E-state index is 0.221. The topological polar surface area (TPSA) is 45.4 Å². The van der Waals surface area contributed by atoms with Crippen molar-refractivity contribution in [1.29, 1.82) is 0 Å². The number of pyridine rings is 1. The van der Waals surface area contributed by atoms with Crippen LogP contribution in [0.25, 0.3) is 0 Å². The molecular weight excluding hydrogens is 327 g/mol. The fourth-order valence-corrected chi connectivity index (χ4v) is 4.29. The number of para-hydroxylation sites is 1. The number of nitrogens with zero attached hydrogens (tertiary/aromatic N) is 3. The summed E-state index contributed by atoms with van der Waals surface area (Å²) in [5.41, 5.74) is 9.60. The van der Waals surface area contributed by atoms with E-state index in [0.717, 1.165) is 35.5 Å². The summed E-state index contributed by atoms with van der Waals surface area (Å²) >= 11 is 0. The fraction of sp³-hybridized carbons (Fsp3) is 0.381. The zero-order valence-corrected chi connectivity index (χ0v) is 15.2. The molecule has 1 aliphatic carbocycles. The number of hydrogen-bond acceptors (Lipinski definition) is 4. The summed E-state index contributed by atoms with van der Waals surface area (Å²) in [5, 5.41) is 0. The van der Waals surface area contributed by atoms with Crippen LogP contribution in [0.1, 0.15) is 43.2 Å². The second-order valence-corrected chi connectivity index (χ2v) is 7.31. The monoisotopic (exact) mass is 352 g/mol. The lowest BCUT2D eigenvalue weighted by Crippen LogP contribution is -2.46. The van der Waals surface area contributed by atoms with Crippen LogP contribution in [0.4, 0.5) is 21.6 Å². The van der Waals surface area contributed by atoms with Gasteiger partial charge in [-0.05, 0) is 31.4 Å². The summed E-state index contributed by atoms with van der Waals surface area (Å²) in [6, 6.07) is 7.49. The summed E-state index contributed by atoms with van der Waals surface area (Å²) in [5.74, 6) is 1.11. The third-order valence-corrected chi connectivity index (χ3v) is 5.56. The molecule has 0 saturated heterocycles. The molecule has 0 bridgehead atoms. The number of benzene rings is 1. The third kappa shape index (κ3) is 2.81. The summed E-state index contributed by atoms with van der Waals surface area (Å²) in [6.07, 6.45) is 7.75. The van der Waals surface area contributed by atoms with Crippen molar-refractivity contribution >= 4 is 17.2 Å². The Morgan fingerprint density at radius 2 is 2.00 bits per heavy atom. The number of hydrogen-bond donors (Lipinski definition) is 1. The number of halogens is 1. The molecule has 0 amide bonds. The first-order valence-corrected chi connectivity index (χ1v) is 9.31. The van der Waals surface area contributed by atoms with E-state index in [1.165, 1.54) is 25.3 Å². The van der Waals surface area contributed by atoms with Crippen LogP contribution < -0.4 is 15.5 Å². The minimum atomic E-state index is -0.221. The van der Waals surface area contributed by atoms with Gasteiger partial charge in [0.15, 0.2) is 0 Å². The molecule has 0 spiro atoms. The Balaban J connectivity index is 1.82. The molecule has 5 heteroatoms. The Labute approximate surface area is 154 Å². The van der Waals surface area contributed by atoms with E-state index in [-0.39, 0.29) is 5.82 Å². The molecule has 2 aliphatic rings. The highest BCUT2D eigenvalue weighted by atomic mass is 19.1. The molecule has 0 radical (unpaired) electrons. The molecular formula is C21H25FN4. The highest BCUT2D eigenvalue weighted by Gasteiger charge is 2.34. The summed E-state index contributed by atoms with van der Waals surface area (Å²) in [4.78, 5) is 8.52. The Kier molecular flexibility index (Phi) is 4.31. The van der Waals surface area contributed by atoms with Crippen LogP contribution in [0, 0.1) is 12.7 Å². The number of aromatic nitrogens is 1. The third-order valence-electron chi connectivity index (χ3n) is 5.56. The Hall–Kier alpha value is -2.56. The first-order chi connectivity index (χ1) is 12.6. The first-order valence-electron chi connectivity index (χ1n) is 9.31. The molecule has 1 aromatic heterocycles. The van der Waals surface area contributed by atoms with Gasteiger partial charge in [-0.2, -0.15) is 0 Å². The molecule has 1 saturated carbocycles. The smallest absolute Gasteiger partial charge is 0.147 e. The van der Waals surface area contributed by atoms with Crippen molar-refractivity contribution in [1.82, 2.24) is 4.98 Å². The van der Waals surface area contributed by atoms with Crippen molar-refractivity contribution in [2.24, 2.45) is 0 Å². The largest absolute Gasteiger partial charge is 0.384 e. The van der Waals surface area contributed by atoms with Crippen LogP contribution >= 0.6 is 0 Å². The highest BCUT2D eigenvalue weighted by molar-refractivity contribution is 5.71. The number of anilines is 3.